The number of benzene rings is 1. The number of carbonyl (C=O) groups excluding carboxylic acids is 1. The molecular formula is C17H18ClN3O. The van der Waals surface area contributed by atoms with Crippen molar-refractivity contribution >= 4 is 23.2 Å². The summed E-state index contributed by atoms with van der Waals surface area (Å²) in [5.41, 5.74) is 1.66. The molecule has 1 aromatic rings. The minimum Gasteiger partial charge on any atom is -0.360 e. The second kappa shape index (κ2) is 8.71. The summed E-state index contributed by atoms with van der Waals surface area (Å²) in [5, 5.41) is 12.7. The summed E-state index contributed by atoms with van der Waals surface area (Å²) in [6, 6.07) is 7.31. The lowest BCUT2D eigenvalue weighted by Gasteiger charge is -2.18. The number of hydrogen-bond donors (Lipinski definition) is 1. The molecule has 0 aromatic heterocycles. The van der Waals surface area contributed by atoms with Gasteiger partial charge in [0.2, 0.25) is 0 Å². The molecule has 0 radical (unpaired) electrons. The molecule has 4 nitrogen and oxygen atoms in total. The number of carbonyl (C=O) groups is 1. The smallest absolute Gasteiger partial charge is 0.266 e. The highest BCUT2D eigenvalue weighted by atomic mass is 35.5. The van der Waals surface area contributed by atoms with Gasteiger partial charge in [0.1, 0.15) is 11.6 Å². The van der Waals surface area contributed by atoms with Crippen molar-refractivity contribution < 1.29 is 4.79 Å². The van der Waals surface area contributed by atoms with Crippen LogP contribution in [0.4, 0.5) is 5.69 Å². The van der Waals surface area contributed by atoms with Gasteiger partial charge in [-0.05, 0) is 24.6 Å². The fourth-order valence-corrected chi connectivity index (χ4v) is 1.88. The number of rotatable bonds is 7. The molecule has 0 bridgehead atoms. The zero-order valence-corrected chi connectivity index (χ0v) is 13.2. The summed E-state index contributed by atoms with van der Waals surface area (Å²) in [4.78, 5) is 13.7. The molecule has 0 aliphatic carbocycles. The first-order valence-corrected chi connectivity index (χ1v) is 7.05. The average molecular weight is 316 g/mol. The van der Waals surface area contributed by atoms with E-state index in [4.69, 9.17) is 11.6 Å². The van der Waals surface area contributed by atoms with Crippen molar-refractivity contribution in [3.63, 3.8) is 0 Å². The molecular weight excluding hydrogens is 298 g/mol. The number of amides is 1. The van der Waals surface area contributed by atoms with Crippen LogP contribution in [0.1, 0.15) is 5.56 Å². The average Bonchev–Trinajstić information content (AvgIpc) is 2.51. The van der Waals surface area contributed by atoms with Gasteiger partial charge in [-0.15, -0.1) is 13.2 Å². The van der Waals surface area contributed by atoms with E-state index in [1.165, 1.54) is 11.1 Å². The van der Waals surface area contributed by atoms with E-state index in [1.54, 1.807) is 18.2 Å². The summed E-state index contributed by atoms with van der Waals surface area (Å²) in [6.45, 7) is 9.79. The van der Waals surface area contributed by atoms with Gasteiger partial charge in [0, 0.05) is 30.0 Å². The van der Waals surface area contributed by atoms with Crippen LogP contribution < -0.4 is 5.32 Å². The number of anilines is 1. The highest BCUT2D eigenvalue weighted by Crippen LogP contribution is 2.20. The fourth-order valence-electron chi connectivity index (χ4n) is 1.70. The highest BCUT2D eigenvalue weighted by molar-refractivity contribution is 6.31. The van der Waals surface area contributed by atoms with E-state index in [9.17, 15) is 10.1 Å². The van der Waals surface area contributed by atoms with E-state index in [1.807, 2.05) is 25.1 Å². The number of aryl methyl sites for hydroxylation is 1. The molecule has 0 unspecified atom stereocenters. The van der Waals surface area contributed by atoms with Crippen LogP contribution in [0.5, 0.6) is 0 Å². The first kappa shape index (κ1) is 17.5. The van der Waals surface area contributed by atoms with E-state index < -0.39 is 0 Å². The second-order valence-corrected chi connectivity index (χ2v) is 4.97. The van der Waals surface area contributed by atoms with Gasteiger partial charge in [0.05, 0.1) is 0 Å². The van der Waals surface area contributed by atoms with Crippen molar-refractivity contribution in [3.8, 4) is 6.07 Å². The summed E-state index contributed by atoms with van der Waals surface area (Å²) in [5.74, 6) is -0.381. The molecule has 0 fully saturated rings. The summed E-state index contributed by atoms with van der Waals surface area (Å²) >= 11 is 6.04. The Morgan fingerprint density at radius 3 is 2.55 bits per heavy atom. The highest BCUT2D eigenvalue weighted by Gasteiger charge is 2.15. The molecule has 0 atom stereocenters. The number of nitrogens with one attached hydrogen (secondary N) is 1. The Labute approximate surface area is 136 Å². The van der Waals surface area contributed by atoms with E-state index in [-0.39, 0.29) is 11.5 Å². The molecule has 1 aromatic carbocycles. The van der Waals surface area contributed by atoms with E-state index in [0.29, 0.717) is 23.8 Å². The summed E-state index contributed by atoms with van der Waals surface area (Å²) in [7, 11) is 0. The lowest BCUT2D eigenvalue weighted by atomic mass is 10.2. The van der Waals surface area contributed by atoms with Gasteiger partial charge in [0.25, 0.3) is 5.91 Å². The molecule has 0 spiro atoms. The number of hydrogen-bond acceptors (Lipinski definition) is 3. The Morgan fingerprint density at radius 1 is 1.41 bits per heavy atom. The first-order chi connectivity index (χ1) is 10.5. The van der Waals surface area contributed by atoms with Crippen LogP contribution in [0.15, 0.2) is 55.3 Å². The van der Waals surface area contributed by atoms with Crippen molar-refractivity contribution in [2.45, 2.75) is 6.92 Å². The summed E-state index contributed by atoms with van der Waals surface area (Å²) < 4.78 is 0. The Morgan fingerprint density at radius 2 is 2.05 bits per heavy atom. The molecule has 1 N–H and O–H groups in total. The normalized spacial score (nSPS) is 10.5. The van der Waals surface area contributed by atoms with Gasteiger partial charge in [-0.3, -0.25) is 4.79 Å². The van der Waals surface area contributed by atoms with Crippen molar-refractivity contribution in [1.29, 1.82) is 5.26 Å². The predicted octanol–water partition coefficient (Wildman–Crippen LogP) is 3.67. The summed E-state index contributed by atoms with van der Waals surface area (Å²) in [6.07, 6.45) is 4.58. The zero-order chi connectivity index (χ0) is 16.5. The molecule has 22 heavy (non-hydrogen) atoms. The number of halogens is 1. The van der Waals surface area contributed by atoms with Crippen molar-refractivity contribution in [2.75, 3.05) is 18.4 Å². The van der Waals surface area contributed by atoms with Gasteiger partial charge in [0.15, 0.2) is 0 Å². The molecule has 1 amide bonds. The standard InChI is InChI=1S/C17H18ClN3O/c1-4-8-21(9-5-2)17(22)14(11-19)12-20-15-7-6-13(3)16(18)10-15/h4-7,10,12,20H,1-2,8-9H2,3H3/b14-12-. The van der Waals surface area contributed by atoms with Crippen LogP contribution in [0.2, 0.25) is 5.02 Å². The predicted molar refractivity (Wildman–Crippen MR) is 90.5 cm³/mol. The van der Waals surface area contributed by atoms with Gasteiger partial charge in [-0.1, -0.05) is 29.8 Å². The minimum atomic E-state index is -0.381. The molecule has 114 valence electrons. The molecule has 0 saturated heterocycles. The van der Waals surface area contributed by atoms with E-state index in [0.717, 1.165) is 5.56 Å². The third-order valence-electron chi connectivity index (χ3n) is 2.89. The maximum absolute atomic E-state index is 12.3. The van der Waals surface area contributed by atoms with Crippen molar-refractivity contribution in [2.24, 2.45) is 0 Å². The Hall–Kier alpha value is -2.51. The molecule has 0 aliphatic heterocycles. The van der Waals surface area contributed by atoms with Crippen LogP contribution in [-0.4, -0.2) is 23.9 Å². The van der Waals surface area contributed by atoms with E-state index in [2.05, 4.69) is 18.5 Å². The second-order valence-electron chi connectivity index (χ2n) is 4.57. The lowest BCUT2D eigenvalue weighted by molar-refractivity contribution is -0.125. The SMILES string of the molecule is C=CCN(CC=C)C(=O)/C(C#N)=C\Nc1ccc(C)c(Cl)c1. The zero-order valence-electron chi connectivity index (χ0n) is 12.5. The third kappa shape index (κ3) is 4.80. The number of nitrogens with zero attached hydrogens (tertiary/aromatic N) is 2. The maximum atomic E-state index is 12.3. The third-order valence-corrected chi connectivity index (χ3v) is 3.30. The molecule has 1 rings (SSSR count). The van der Waals surface area contributed by atoms with Crippen molar-refractivity contribution in [1.82, 2.24) is 4.90 Å². The fraction of sp³-hybridized carbons (Fsp3) is 0.176. The van der Waals surface area contributed by atoms with Gasteiger partial charge in [-0.25, -0.2) is 0 Å². The lowest BCUT2D eigenvalue weighted by Crippen LogP contribution is -2.32. The molecule has 0 heterocycles. The van der Waals surface area contributed by atoms with Gasteiger partial charge < -0.3 is 10.2 Å². The molecule has 5 heteroatoms. The molecule has 0 saturated carbocycles. The quantitative estimate of drug-likeness (QED) is 0.474. The van der Waals surface area contributed by atoms with Crippen molar-refractivity contribution in [3.05, 3.63) is 65.9 Å². The topological polar surface area (TPSA) is 56.1 Å². The van der Waals surface area contributed by atoms with Crippen LogP contribution in [0.25, 0.3) is 0 Å². The Balaban J connectivity index is 2.91. The Bertz CT molecular complexity index is 634. The molecule has 0 aliphatic rings. The van der Waals surface area contributed by atoms with Gasteiger partial charge in [-0.2, -0.15) is 5.26 Å². The monoisotopic (exact) mass is 315 g/mol. The van der Waals surface area contributed by atoms with Crippen LogP contribution in [0, 0.1) is 18.3 Å². The number of nitriles is 1. The maximum Gasteiger partial charge on any atom is 0.266 e. The van der Waals surface area contributed by atoms with Crippen LogP contribution in [-0.2, 0) is 4.79 Å². The minimum absolute atomic E-state index is 0.000368. The van der Waals surface area contributed by atoms with E-state index >= 15 is 0 Å². The first-order valence-electron chi connectivity index (χ1n) is 6.67. The largest absolute Gasteiger partial charge is 0.360 e. The van der Waals surface area contributed by atoms with Crippen LogP contribution >= 0.6 is 11.6 Å². The van der Waals surface area contributed by atoms with Gasteiger partial charge >= 0.3 is 0 Å². The van der Waals surface area contributed by atoms with Crippen LogP contribution in [0.3, 0.4) is 0 Å². The Kier molecular flexibility index (Phi) is 6.94.